The Hall–Kier alpha value is -2.52. The molecule has 1 aliphatic heterocycles. The largest absolute Gasteiger partial charge is 0.480 e. The highest BCUT2D eigenvalue weighted by molar-refractivity contribution is 5.95. The predicted octanol–water partition coefficient (Wildman–Crippen LogP) is 2.00. The van der Waals surface area contributed by atoms with Gasteiger partial charge in [0.15, 0.2) is 5.82 Å². The quantitative estimate of drug-likeness (QED) is 0.721. The molecule has 1 saturated heterocycles. The van der Waals surface area contributed by atoms with Gasteiger partial charge in [-0.25, -0.2) is 4.68 Å². The number of rotatable bonds is 7. The fourth-order valence-electron chi connectivity index (χ4n) is 4.83. The highest BCUT2D eigenvalue weighted by Gasteiger charge is 2.39. The summed E-state index contributed by atoms with van der Waals surface area (Å²) in [6.07, 6.45) is 8.22. The maximum absolute atomic E-state index is 13.2. The first-order valence-electron chi connectivity index (χ1n) is 11.2. The van der Waals surface area contributed by atoms with Crippen LogP contribution in [0.25, 0.3) is 5.82 Å². The first-order valence-corrected chi connectivity index (χ1v) is 11.2. The number of nitrogens with one attached hydrogen (secondary N) is 1. The molecule has 0 spiro atoms. The van der Waals surface area contributed by atoms with Crippen LogP contribution >= 0.6 is 0 Å². The number of nitrogens with zero attached hydrogens (tertiary/aromatic N) is 5. The molecule has 0 atom stereocenters. The highest BCUT2D eigenvalue weighted by Crippen LogP contribution is 2.34. The summed E-state index contributed by atoms with van der Waals surface area (Å²) in [5, 5.41) is 15.8. The van der Waals surface area contributed by atoms with E-state index in [1.807, 2.05) is 6.92 Å². The van der Waals surface area contributed by atoms with Crippen molar-refractivity contribution in [2.24, 2.45) is 0 Å². The Labute approximate surface area is 183 Å². The van der Waals surface area contributed by atoms with Crippen molar-refractivity contribution in [3.05, 3.63) is 29.6 Å². The SMILES string of the molecule is CCc1c(C(=O)NCC2(N3CCOCC3)CCCCC2)cnn1-c1ccc(OC)nn1. The average Bonchev–Trinajstić information content (AvgIpc) is 3.28. The number of hydrogen-bond acceptors (Lipinski definition) is 7. The summed E-state index contributed by atoms with van der Waals surface area (Å²) in [6.45, 7) is 6.07. The lowest BCUT2D eigenvalue weighted by Crippen LogP contribution is -2.59. The number of morpholine rings is 1. The van der Waals surface area contributed by atoms with Crippen molar-refractivity contribution in [2.75, 3.05) is 40.0 Å². The van der Waals surface area contributed by atoms with Crippen LogP contribution < -0.4 is 10.1 Å². The highest BCUT2D eigenvalue weighted by atomic mass is 16.5. The minimum Gasteiger partial charge on any atom is -0.480 e. The molecule has 1 N–H and O–H groups in total. The van der Waals surface area contributed by atoms with E-state index in [1.165, 1.54) is 19.3 Å². The lowest BCUT2D eigenvalue weighted by Gasteiger charge is -2.48. The van der Waals surface area contributed by atoms with E-state index in [0.717, 1.165) is 44.8 Å². The zero-order valence-corrected chi connectivity index (χ0v) is 18.5. The lowest BCUT2D eigenvalue weighted by molar-refractivity contribution is -0.0361. The second kappa shape index (κ2) is 9.74. The number of ether oxygens (including phenoxy) is 2. The molecular formula is C22H32N6O3. The van der Waals surface area contributed by atoms with E-state index >= 15 is 0 Å². The summed E-state index contributed by atoms with van der Waals surface area (Å²) in [7, 11) is 1.55. The smallest absolute Gasteiger partial charge is 0.254 e. The molecular weight excluding hydrogens is 396 g/mol. The van der Waals surface area contributed by atoms with Crippen LogP contribution in [0.1, 0.15) is 55.1 Å². The van der Waals surface area contributed by atoms with Crippen LogP contribution in [0.5, 0.6) is 5.88 Å². The summed E-state index contributed by atoms with van der Waals surface area (Å²) >= 11 is 0. The fourth-order valence-corrected chi connectivity index (χ4v) is 4.83. The van der Waals surface area contributed by atoms with Crippen molar-refractivity contribution in [3.63, 3.8) is 0 Å². The maximum atomic E-state index is 13.2. The molecule has 2 aliphatic rings. The van der Waals surface area contributed by atoms with Crippen LogP contribution in [0.4, 0.5) is 0 Å². The Morgan fingerprint density at radius 2 is 1.97 bits per heavy atom. The Morgan fingerprint density at radius 3 is 2.61 bits per heavy atom. The van der Waals surface area contributed by atoms with Gasteiger partial charge in [0.05, 0.1) is 37.8 Å². The van der Waals surface area contributed by atoms with Crippen LogP contribution in [0.3, 0.4) is 0 Å². The zero-order valence-electron chi connectivity index (χ0n) is 18.5. The van der Waals surface area contributed by atoms with Gasteiger partial charge in [-0.1, -0.05) is 26.2 Å². The zero-order chi connectivity index (χ0) is 21.7. The molecule has 168 valence electrons. The number of methoxy groups -OCH3 is 1. The Balaban J connectivity index is 1.50. The van der Waals surface area contributed by atoms with Gasteiger partial charge in [0.2, 0.25) is 5.88 Å². The maximum Gasteiger partial charge on any atom is 0.254 e. The van der Waals surface area contributed by atoms with E-state index in [1.54, 1.807) is 30.1 Å². The average molecular weight is 429 g/mol. The minimum atomic E-state index is -0.0808. The van der Waals surface area contributed by atoms with Crippen LogP contribution in [0.2, 0.25) is 0 Å². The fraction of sp³-hybridized carbons (Fsp3) is 0.636. The molecule has 9 nitrogen and oxygen atoms in total. The van der Waals surface area contributed by atoms with Crippen LogP contribution in [-0.2, 0) is 11.2 Å². The van der Waals surface area contributed by atoms with Gasteiger partial charge < -0.3 is 14.8 Å². The summed E-state index contributed by atoms with van der Waals surface area (Å²) < 4.78 is 12.3. The third-order valence-electron chi connectivity index (χ3n) is 6.54. The molecule has 3 heterocycles. The van der Waals surface area contributed by atoms with E-state index in [0.29, 0.717) is 30.2 Å². The third-order valence-corrected chi connectivity index (χ3v) is 6.54. The molecule has 2 aromatic heterocycles. The van der Waals surface area contributed by atoms with Gasteiger partial charge in [-0.2, -0.15) is 5.10 Å². The van der Waals surface area contributed by atoms with Crippen LogP contribution in [-0.4, -0.2) is 76.3 Å². The monoisotopic (exact) mass is 428 g/mol. The van der Waals surface area contributed by atoms with Gasteiger partial charge in [-0.15, -0.1) is 10.2 Å². The first kappa shape index (κ1) is 21.7. The topological polar surface area (TPSA) is 94.4 Å². The summed E-state index contributed by atoms with van der Waals surface area (Å²) in [5.41, 5.74) is 1.44. The van der Waals surface area contributed by atoms with E-state index in [4.69, 9.17) is 9.47 Å². The molecule has 9 heteroatoms. The molecule has 0 bridgehead atoms. The number of aromatic nitrogens is 4. The molecule has 1 saturated carbocycles. The number of carbonyl (C=O) groups excluding carboxylic acids is 1. The second-order valence-corrected chi connectivity index (χ2v) is 8.27. The van der Waals surface area contributed by atoms with Gasteiger partial charge in [-0.3, -0.25) is 9.69 Å². The van der Waals surface area contributed by atoms with E-state index in [9.17, 15) is 4.79 Å². The molecule has 2 fully saturated rings. The third kappa shape index (κ3) is 4.57. The van der Waals surface area contributed by atoms with Gasteiger partial charge >= 0.3 is 0 Å². The lowest BCUT2D eigenvalue weighted by atomic mass is 9.79. The standard InChI is InChI=1S/C22H32N6O3/c1-3-18-17(15-24-28(18)19-7-8-20(30-2)26-25-19)21(29)23-16-22(9-5-4-6-10-22)27-11-13-31-14-12-27/h7-8,15H,3-6,9-14,16H2,1-2H3,(H,23,29). The Bertz CT molecular complexity index is 870. The van der Waals surface area contributed by atoms with Gasteiger partial charge in [0.1, 0.15) is 0 Å². The number of hydrogen-bond donors (Lipinski definition) is 1. The minimum absolute atomic E-state index is 0.0293. The first-order chi connectivity index (χ1) is 15.2. The summed E-state index contributed by atoms with van der Waals surface area (Å²) in [5.74, 6) is 0.921. The second-order valence-electron chi connectivity index (χ2n) is 8.27. The van der Waals surface area contributed by atoms with Crippen molar-refractivity contribution in [2.45, 2.75) is 51.0 Å². The molecule has 2 aromatic rings. The Kier molecular flexibility index (Phi) is 6.82. The molecule has 0 aromatic carbocycles. The van der Waals surface area contributed by atoms with Crippen molar-refractivity contribution in [1.82, 2.24) is 30.2 Å². The molecule has 4 rings (SSSR count). The normalized spacial score (nSPS) is 19.2. The predicted molar refractivity (Wildman–Crippen MR) is 116 cm³/mol. The van der Waals surface area contributed by atoms with E-state index in [2.05, 4.69) is 25.5 Å². The van der Waals surface area contributed by atoms with Crippen LogP contribution in [0, 0.1) is 0 Å². The molecule has 1 amide bonds. The van der Waals surface area contributed by atoms with Gasteiger partial charge in [0.25, 0.3) is 5.91 Å². The number of carbonyl (C=O) groups is 1. The van der Waals surface area contributed by atoms with Crippen LogP contribution in [0.15, 0.2) is 18.3 Å². The molecule has 0 radical (unpaired) electrons. The number of amides is 1. The van der Waals surface area contributed by atoms with Crippen molar-refractivity contribution >= 4 is 5.91 Å². The van der Waals surface area contributed by atoms with Crippen molar-refractivity contribution in [3.8, 4) is 11.7 Å². The Morgan fingerprint density at radius 1 is 1.19 bits per heavy atom. The van der Waals surface area contributed by atoms with E-state index in [-0.39, 0.29) is 11.4 Å². The van der Waals surface area contributed by atoms with Gasteiger partial charge in [0, 0.05) is 31.2 Å². The van der Waals surface area contributed by atoms with E-state index < -0.39 is 0 Å². The van der Waals surface area contributed by atoms with Crippen molar-refractivity contribution in [1.29, 1.82) is 0 Å². The molecule has 0 unspecified atom stereocenters. The van der Waals surface area contributed by atoms with Crippen molar-refractivity contribution < 1.29 is 14.3 Å². The molecule has 31 heavy (non-hydrogen) atoms. The van der Waals surface area contributed by atoms with Gasteiger partial charge in [-0.05, 0) is 25.3 Å². The summed E-state index contributed by atoms with van der Waals surface area (Å²) in [6, 6.07) is 3.52. The molecule has 1 aliphatic carbocycles. The summed E-state index contributed by atoms with van der Waals surface area (Å²) in [4.78, 5) is 15.7.